The average Bonchev–Trinajstić information content (AvgIpc) is 2.47. The Morgan fingerprint density at radius 3 is 2.52 bits per heavy atom. The molecule has 0 spiro atoms. The molecule has 0 radical (unpaired) electrons. The molecule has 1 aromatic carbocycles. The average molecular weight is 305 g/mol. The van der Waals surface area contributed by atoms with Gasteiger partial charge in [-0.3, -0.25) is 9.59 Å². The Bertz CT molecular complexity index is 649. The van der Waals surface area contributed by atoms with Gasteiger partial charge in [-0.2, -0.15) is 5.26 Å². The van der Waals surface area contributed by atoms with Crippen LogP contribution in [0.4, 0.5) is 5.69 Å². The Kier molecular flexibility index (Phi) is 4.61. The number of anilines is 1. The molecule has 2 N–H and O–H groups in total. The van der Waals surface area contributed by atoms with Crippen molar-refractivity contribution in [2.45, 2.75) is 12.8 Å². The number of carbonyl (C=O) groups is 2. The molecule has 0 fully saturated rings. The number of amides is 1. The Balaban J connectivity index is 2.14. The van der Waals surface area contributed by atoms with E-state index in [-0.39, 0.29) is 10.9 Å². The minimum Gasteiger partial charge on any atom is -0.481 e. The molecule has 21 heavy (non-hydrogen) atoms. The summed E-state index contributed by atoms with van der Waals surface area (Å²) < 4.78 is 0. The molecule has 1 aliphatic carbocycles. The fourth-order valence-corrected chi connectivity index (χ4v) is 2.52. The van der Waals surface area contributed by atoms with Crippen molar-refractivity contribution in [3.05, 3.63) is 40.9 Å². The number of benzene rings is 1. The number of rotatable bonds is 3. The predicted molar refractivity (Wildman–Crippen MR) is 77.8 cm³/mol. The molecule has 1 amide bonds. The Hall–Kier alpha value is -2.32. The first-order valence-corrected chi connectivity index (χ1v) is 6.79. The minimum absolute atomic E-state index is 0.244. The van der Waals surface area contributed by atoms with Gasteiger partial charge in [0.15, 0.2) is 0 Å². The first-order chi connectivity index (χ1) is 10.0. The molecule has 0 heterocycles. The maximum absolute atomic E-state index is 12.2. The van der Waals surface area contributed by atoms with Crippen LogP contribution in [-0.4, -0.2) is 17.0 Å². The fraction of sp³-hybridized carbons (Fsp3) is 0.267. The van der Waals surface area contributed by atoms with Gasteiger partial charge in [0.05, 0.1) is 22.4 Å². The third-order valence-corrected chi connectivity index (χ3v) is 3.76. The van der Waals surface area contributed by atoms with E-state index < -0.39 is 17.8 Å². The van der Waals surface area contributed by atoms with Crippen LogP contribution in [0.2, 0.25) is 5.02 Å². The van der Waals surface area contributed by atoms with Gasteiger partial charge >= 0.3 is 5.97 Å². The molecule has 0 unspecified atom stereocenters. The maximum atomic E-state index is 12.2. The number of aliphatic carboxylic acids is 1. The SMILES string of the molecule is N#Cc1ccc(NC(=O)[C@@H]2CC=CC[C@@H]2C(=O)O)cc1Cl. The van der Waals surface area contributed by atoms with E-state index in [2.05, 4.69) is 5.32 Å². The summed E-state index contributed by atoms with van der Waals surface area (Å²) in [6, 6.07) is 6.48. The van der Waals surface area contributed by atoms with Gasteiger partial charge in [0.25, 0.3) is 0 Å². The van der Waals surface area contributed by atoms with Crippen molar-refractivity contribution in [2.75, 3.05) is 5.32 Å². The molecular weight excluding hydrogens is 292 g/mol. The summed E-state index contributed by atoms with van der Waals surface area (Å²) in [6.45, 7) is 0. The maximum Gasteiger partial charge on any atom is 0.307 e. The number of allylic oxidation sites excluding steroid dienone is 2. The van der Waals surface area contributed by atoms with Crippen LogP contribution in [0.15, 0.2) is 30.4 Å². The number of hydrogen-bond acceptors (Lipinski definition) is 3. The number of carbonyl (C=O) groups excluding carboxylic acids is 1. The van der Waals surface area contributed by atoms with Gasteiger partial charge in [-0.1, -0.05) is 23.8 Å². The molecule has 0 saturated carbocycles. The Labute approximate surface area is 126 Å². The normalized spacial score (nSPS) is 20.6. The molecule has 108 valence electrons. The van der Waals surface area contributed by atoms with Gasteiger partial charge in [0.2, 0.25) is 5.91 Å². The second-order valence-corrected chi connectivity index (χ2v) is 5.20. The zero-order chi connectivity index (χ0) is 15.4. The molecule has 1 aliphatic rings. The molecule has 0 bridgehead atoms. The topological polar surface area (TPSA) is 90.2 Å². The lowest BCUT2D eigenvalue weighted by molar-refractivity contribution is -0.146. The molecule has 1 aromatic rings. The molecule has 5 nitrogen and oxygen atoms in total. The molecule has 0 aliphatic heterocycles. The van der Waals surface area contributed by atoms with Crippen molar-refractivity contribution in [3.63, 3.8) is 0 Å². The number of halogens is 1. The first kappa shape index (κ1) is 15.1. The summed E-state index contributed by atoms with van der Waals surface area (Å²) in [4.78, 5) is 23.4. The van der Waals surface area contributed by atoms with E-state index in [0.717, 1.165) is 0 Å². The van der Waals surface area contributed by atoms with Crippen molar-refractivity contribution in [3.8, 4) is 6.07 Å². The second kappa shape index (κ2) is 6.42. The van der Waals surface area contributed by atoms with Crippen LogP contribution in [0.5, 0.6) is 0 Å². The van der Waals surface area contributed by atoms with Gasteiger partial charge in [0.1, 0.15) is 6.07 Å². The molecule has 0 aromatic heterocycles. The van der Waals surface area contributed by atoms with Crippen LogP contribution in [0, 0.1) is 23.2 Å². The van der Waals surface area contributed by atoms with E-state index in [1.807, 2.05) is 12.1 Å². The molecule has 2 rings (SSSR count). The van der Waals surface area contributed by atoms with Crippen molar-refractivity contribution in [2.24, 2.45) is 11.8 Å². The highest BCUT2D eigenvalue weighted by Crippen LogP contribution is 2.28. The highest BCUT2D eigenvalue weighted by Gasteiger charge is 2.33. The molecular formula is C15H13ClN2O3. The third kappa shape index (κ3) is 3.41. The Morgan fingerprint density at radius 1 is 1.29 bits per heavy atom. The summed E-state index contributed by atoms with van der Waals surface area (Å²) in [5.74, 6) is -2.66. The van der Waals surface area contributed by atoms with Crippen LogP contribution < -0.4 is 5.32 Å². The van der Waals surface area contributed by atoms with E-state index in [1.54, 1.807) is 12.1 Å². The van der Waals surface area contributed by atoms with Gasteiger partial charge < -0.3 is 10.4 Å². The quantitative estimate of drug-likeness (QED) is 0.840. The van der Waals surface area contributed by atoms with Crippen molar-refractivity contribution in [1.29, 1.82) is 5.26 Å². The summed E-state index contributed by atoms with van der Waals surface area (Å²) in [7, 11) is 0. The number of nitrogens with zero attached hydrogens (tertiary/aromatic N) is 1. The van der Waals surface area contributed by atoms with E-state index in [4.69, 9.17) is 22.0 Å². The van der Waals surface area contributed by atoms with Crippen molar-refractivity contribution < 1.29 is 14.7 Å². The first-order valence-electron chi connectivity index (χ1n) is 6.41. The van der Waals surface area contributed by atoms with Crippen LogP contribution in [0.25, 0.3) is 0 Å². The van der Waals surface area contributed by atoms with Gasteiger partial charge in [-0.15, -0.1) is 0 Å². The fourth-order valence-electron chi connectivity index (χ4n) is 2.30. The third-order valence-electron chi connectivity index (χ3n) is 3.44. The van der Waals surface area contributed by atoms with Crippen LogP contribution in [-0.2, 0) is 9.59 Å². The zero-order valence-corrected chi connectivity index (χ0v) is 11.8. The number of nitrogens with one attached hydrogen (secondary N) is 1. The summed E-state index contributed by atoms with van der Waals surface area (Å²) in [5.41, 5.74) is 0.765. The zero-order valence-electron chi connectivity index (χ0n) is 11.0. The lowest BCUT2D eigenvalue weighted by atomic mass is 9.82. The highest BCUT2D eigenvalue weighted by atomic mass is 35.5. The lowest BCUT2D eigenvalue weighted by Crippen LogP contribution is -2.34. The molecule has 0 saturated heterocycles. The van der Waals surface area contributed by atoms with E-state index in [1.165, 1.54) is 12.1 Å². The van der Waals surface area contributed by atoms with Crippen molar-refractivity contribution in [1.82, 2.24) is 0 Å². The van der Waals surface area contributed by atoms with Gasteiger partial charge in [-0.05, 0) is 31.0 Å². The van der Waals surface area contributed by atoms with E-state index >= 15 is 0 Å². The van der Waals surface area contributed by atoms with Gasteiger partial charge in [-0.25, -0.2) is 0 Å². The monoisotopic (exact) mass is 304 g/mol. The minimum atomic E-state index is -0.975. The van der Waals surface area contributed by atoms with Crippen LogP contribution in [0.3, 0.4) is 0 Å². The number of carboxylic acid groups (broad SMARTS) is 1. The number of hydrogen-bond donors (Lipinski definition) is 2. The van der Waals surface area contributed by atoms with E-state index in [9.17, 15) is 9.59 Å². The largest absolute Gasteiger partial charge is 0.481 e. The Morgan fingerprint density at radius 2 is 1.95 bits per heavy atom. The molecule has 6 heteroatoms. The predicted octanol–water partition coefficient (Wildman–Crippen LogP) is 2.82. The summed E-state index contributed by atoms with van der Waals surface area (Å²) in [5, 5.41) is 20.9. The highest BCUT2D eigenvalue weighted by molar-refractivity contribution is 6.32. The lowest BCUT2D eigenvalue weighted by Gasteiger charge is -2.24. The van der Waals surface area contributed by atoms with Crippen molar-refractivity contribution >= 4 is 29.2 Å². The molecule has 2 atom stereocenters. The van der Waals surface area contributed by atoms with Crippen LogP contribution in [0.1, 0.15) is 18.4 Å². The summed E-state index contributed by atoms with van der Waals surface area (Å²) in [6.07, 6.45) is 4.34. The van der Waals surface area contributed by atoms with Crippen LogP contribution >= 0.6 is 11.6 Å². The standard InChI is InChI=1S/C15H13ClN2O3/c16-13-7-10(6-5-9(13)8-17)18-14(19)11-3-1-2-4-12(11)15(20)21/h1-2,5-7,11-12H,3-4H2,(H,18,19)(H,20,21)/t11-,12+/m1/s1. The van der Waals surface area contributed by atoms with E-state index in [0.29, 0.717) is 24.1 Å². The number of nitriles is 1. The van der Waals surface area contributed by atoms with Gasteiger partial charge in [0, 0.05) is 5.69 Å². The summed E-state index contributed by atoms with van der Waals surface area (Å²) >= 11 is 5.90. The second-order valence-electron chi connectivity index (χ2n) is 4.79. The number of carboxylic acids is 1. The smallest absolute Gasteiger partial charge is 0.307 e.